The lowest BCUT2D eigenvalue weighted by molar-refractivity contribution is -0.143. The Morgan fingerprint density at radius 2 is 1.95 bits per heavy atom. The second-order valence-electron chi connectivity index (χ2n) is 4.20. The Labute approximate surface area is 117 Å². The first-order valence-electron chi connectivity index (χ1n) is 5.78. The van der Waals surface area contributed by atoms with Crippen LogP contribution < -0.4 is 10.6 Å². The van der Waals surface area contributed by atoms with Crippen molar-refractivity contribution >= 4 is 23.6 Å². The lowest BCUT2D eigenvalue weighted by Gasteiger charge is -2.11. The number of nitrogens with two attached hydrogens (primary N) is 1. The predicted molar refractivity (Wildman–Crippen MR) is 74.5 cm³/mol. The Balaban J connectivity index is 2.86. The van der Waals surface area contributed by atoms with Crippen molar-refractivity contribution in [1.29, 1.82) is 5.26 Å². The van der Waals surface area contributed by atoms with Gasteiger partial charge in [-0.1, -0.05) is 12.1 Å². The molecule has 0 bridgehead atoms. The van der Waals surface area contributed by atoms with Gasteiger partial charge in [0.2, 0.25) is 0 Å². The maximum absolute atomic E-state index is 11.5. The smallest absolute Gasteiger partial charge is 0.349 e. The number of primary amides is 1. The number of hydrogen-bond acceptors (Lipinski definition) is 5. The summed E-state index contributed by atoms with van der Waals surface area (Å²) in [5, 5.41) is 8.92. The Morgan fingerprint density at radius 3 is 2.40 bits per heavy atom. The van der Waals surface area contributed by atoms with Gasteiger partial charge in [-0.25, -0.2) is 4.79 Å². The zero-order valence-electron chi connectivity index (χ0n) is 11.3. The number of benzene rings is 1. The van der Waals surface area contributed by atoms with Crippen LogP contribution in [0.15, 0.2) is 29.8 Å². The summed E-state index contributed by atoms with van der Waals surface area (Å²) in [5.74, 6) is -1.64. The number of carbonyl (C=O) groups excluding carboxylic acids is 2. The summed E-state index contributed by atoms with van der Waals surface area (Å²) in [6, 6.07) is 8.99. The SMILES string of the molecule is CN(C)c1ccc(C=C(C#N)C(=O)OCC(N)=O)cc1. The van der Waals surface area contributed by atoms with Crippen LogP contribution in [0.5, 0.6) is 0 Å². The van der Waals surface area contributed by atoms with Crippen LogP contribution in [0.1, 0.15) is 5.56 Å². The van der Waals surface area contributed by atoms with Crippen LogP contribution in [0.3, 0.4) is 0 Å². The number of anilines is 1. The lowest BCUT2D eigenvalue weighted by atomic mass is 10.1. The van der Waals surface area contributed by atoms with Gasteiger partial charge in [0.1, 0.15) is 11.6 Å². The number of amides is 1. The van der Waals surface area contributed by atoms with E-state index in [1.165, 1.54) is 6.08 Å². The molecule has 0 saturated carbocycles. The van der Waals surface area contributed by atoms with E-state index in [9.17, 15) is 9.59 Å². The largest absolute Gasteiger partial charge is 0.451 e. The molecule has 20 heavy (non-hydrogen) atoms. The second-order valence-corrected chi connectivity index (χ2v) is 4.20. The molecule has 0 unspecified atom stereocenters. The van der Waals surface area contributed by atoms with Crippen molar-refractivity contribution in [2.75, 3.05) is 25.6 Å². The van der Waals surface area contributed by atoms with Crippen molar-refractivity contribution in [2.45, 2.75) is 0 Å². The topological polar surface area (TPSA) is 96.4 Å². The van der Waals surface area contributed by atoms with E-state index in [1.807, 2.05) is 31.1 Å². The summed E-state index contributed by atoms with van der Waals surface area (Å²) >= 11 is 0. The van der Waals surface area contributed by atoms with Gasteiger partial charge in [0.15, 0.2) is 6.61 Å². The van der Waals surface area contributed by atoms with E-state index in [0.717, 1.165) is 5.69 Å². The number of nitriles is 1. The first-order valence-corrected chi connectivity index (χ1v) is 5.78. The molecule has 0 heterocycles. The van der Waals surface area contributed by atoms with Crippen molar-refractivity contribution in [3.8, 4) is 6.07 Å². The molecule has 0 aliphatic carbocycles. The van der Waals surface area contributed by atoms with Crippen molar-refractivity contribution in [2.24, 2.45) is 5.73 Å². The minimum absolute atomic E-state index is 0.191. The molecule has 1 aromatic rings. The van der Waals surface area contributed by atoms with Crippen molar-refractivity contribution in [1.82, 2.24) is 0 Å². The average Bonchev–Trinajstić information content (AvgIpc) is 2.42. The molecule has 2 N–H and O–H groups in total. The normalized spacial score (nSPS) is 10.6. The molecule has 1 amide bonds. The van der Waals surface area contributed by atoms with Crippen LogP contribution in [0, 0.1) is 11.3 Å². The van der Waals surface area contributed by atoms with Gasteiger partial charge < -0.3 is 15.4 Å². The van der Waals surface area contributed by atoms with E-state index in [-0.39, 0.29) is 5.57 Å². The Hall–Kier alpha value is -2.81. The van der Waals surface area contributed by atoms with E-state index in [0.29, 0.717) is 5.56 Å². The van der Waals surface area contributed by atoms with Gasteiger partial charge in [0.05, 0.1) is 0 Å². The fourth-order valence-electron chi connectivity index (χ4n) is 1.39. The highest BCUT2D eigenvalue weighted by molar-refractivity contribution is 5.98. The first-order chi connectivity index (χ1) is 9.43. The van der Waals surface area contributed by atoms with Gasteiger partial charge in [-0.3, -0.25) is 4.79 Å². The first kappa shape index (κ1) is 15.2. The summed E-state index contributed by atoms with van der Waals surface area (Å²) in [6.07, 6.45) is 1.39. The van der Waals surface area contributed by atoms with Gasteiger partial charge in [-0.2, -0.15) is 5.26 Å². The van der Waals surface area contributed by atoms with E-state index in [2.05, 4.69) is 4.74 Å². The van der Waals surface area contributed by atoms with E-state index in [4.69, 9.17) is 11.0 Å². The van der Waals surface area contributed by atoms with Crippen LogP contribution in [-0.4, -0.2) is 32.6 Å². The minimum Gasteiger partial charge on any atom is -0.451 e. The molecule has 6 nitrogen and oxygen atoms in total. The molecule has 0 aliphatic heterocycles. The third-order valence-corrected chi connectivity index (χ3v) is 2.41. The molecule has 0 spiro atoms. The Bertz CT molecular complexity index is 568. The van der Waals surface area contributed by atoms with Crippen LogP contribution in [0.4, 0.5) is 5.69 Å². The number of carbonyl (C=O) groups is 2. The van der Waals surface area contributed by atoms with Crippen LogP contribution in [-0.2, 0) is 14.3 Å². The van der Waals surface area contributed by atoms with Crippen LogP contribution >= 0.6 is 0 Å². The maximum atomic E-state index is 11.5. The summed E-state index contributed by atoms with van der Waals surface area (Å²) in [6.45, 7) is -0.544. The molecule has 0 aliphatic rings. The molecule has 0 aromatic heterocycles. The molecule has 0 saturated heterocycles. The van der Waals surface area contributed by atoms with Gasteiger partial charge in [0.25, 0.3) is 5.91 Å². The predicted octanol–water partition coefficient (Wildman–Crippen LogP) is 0.688. The molecule has 6 heteroatoms. The van der Waals surface area contributed by atoms with E-state index >= 15 is 0 Å². The van der Waals surface area contributed by atoms with E-state index in [1.54, 1.807) is 18.2 Å². The third-order valence-electron chi connectivity index (χ3n) is 2.41. The fraction of sp³-hybridized carbons (Fsp3) is 0.214. The molecule has 1 aromatic carbocycles. The molecular formula is C14H15N3O3. The zero-order valence-corrected chi connectivity index (χ0v) is 11.3. The van der Waals surface area contributed by atoms with Crippen molar-refractivity contribution in [3.63, 3.8) is 0 Å². The zero-order chi connectivity index (χ0) is 15.1. The van der Waals surface area contributed by atoms with Crippen molar-refractivity contribution < 1.29 is 14.3 Å². The highest BCUT2D eigenvalue weighted by Crippen LogP contribution is 2.14. The number of nitrogens with zero attached hydrogens (tertiary/aromatic N) is 2. The molecule has 0 atom stereocenters. The van der Waals surface area contributed by atoms with Crippen LogP contribution in [0.2, 0.25) is 0 Å². The minimum atomic E-state index is -0.872. The quantitative estimate of drug-likeness (QED) is 0.483. The van der Waals surface area contributed by atoms with Gasteiger partial charge in [0, 0.05) is 19.8 Å². The fourth-order valence-corrected chi connectivity index (χ4v) is 1.39. The van der Waals surface area contributed by atoms with Crippen molar-refractivity contribution in [3.05, 3.63) is 35.4 Å². The average molecular weight is 273 g/mol. The summed E-state index contributed by atoms with van der Waals surface area (Å²) in [5.41, 5.74) is 6.35. The highest BCUT2D eigenvalue weighted by atomic mass is 16.5. The van der Waals surface area contributed by atoms with Gasteiger partial charge in [-0.05, 0) is 23.8 Å². The highest BCUT2D eigenvalue weighted by Gasteiger charge is 2.11. The standard InChI is InChI=1S/C14H15N3O3/c1-17(2)12-5-3-10(4-6-12)7-11(8-15)14(19)20-9-13(16)18/h3-7H,9H2,1-2H3,(H2,16,18). The monoisotopic (exact) mass is 273 g/mol. The molecule has 104 valence electrons. The summed E-state index contributed by atoms with van der Waals surface area (Å²) in [7, 11) is 3.82. The Kier molecular flexibility index (Phi) is 5.30. The number of rotatable bonds is 5. The second kappa shape index (κ2) is 6.95. The third kappa shape index (κ3) is 4.46. The molecular weight excluding hydrogens is 258 g/mol. The van der Waals surface area contributed by atoms with Crippen LogP contribution in [0.25, 0.3) is 6.08 Å². The van der Waals surface area contributed by atoms with Gasteiger partial charge in [-0.15, -0.1) is 0 Å². The maximum Gasteiger partial charge on any atom is 0.349 e. The Morgan fingerprint density at radius 1 is 1.35 bits per heavy atom. The molecule has 1 rings (SSSR count). The number of hydrogen-bond donors (Lipinski definition) is 1. The molecule has 0 radical (unpaired) electrons. The van der Waals surface area contributed by atoms with E-state index < -0.39 is 18.5 Å². The summed E-state index contributed by atoms with van der Waals surface area (Å²) in [4.78, 5) is 24.0. The lowest BCUT2D eigenvalue weighted by Crippen LogP contribution is -2.21. The summed E-state index contributed by atoms with van der Waals surface area (Å²) < 4.78 is 4.58. The number of esters is 1. The van der Waals surface area contributed by atoms with Gasteiger partial charge >= 0.3 is 5.97 Å². The molecule has 0 fully saturated rings. The number of ether oxygens (including phenoxy) is 1.